The molecular weight excluding hydrogens is 285 g/mol. The Balaban J connectivity index is 1.84. The largest absolute Gasteiger partial charge is 0.389 e. The van der Waals surface area contributed by atoms with Crippen LogP contribution in [0.3, 0.4) is 0 Å². The molecule has 120 valence electrons. The molecule has 5 nitrogen and oxygen atoms in total. The van der Waals surface area contributed by atoms with Crippen LogP contribution in [0.25, 0.3) is 0 Å². The highest BCUT2D eigenvalue weighted by Crippen LogP contribution is 2.08. The van der Waals surface area contributed by atoms with Crippen LogP contribution in [-0.2, 0) is 30.7 Å². The predicted molar refractivity (Wildman–Crippen MR) is 80.8 cm³/mol. The van der Waals surface area contributed by atoms with Gasteiger partial charge in [0.2, 0.25) is 0 Å². The zero-order valence-electron chi connectivity index (χ0n) is 13.0. The SMILES string of the molecule is CCc1nc(CC)n(CC(O)COCc2ccccc2F)n1. The van der Waals surface area contributed by atoms with Gasteiger partial charge in [-0.25, -0.2) is 14.1 Å². The summed E-state index contributed by atoms with van der Waals surface area (Å²) in [6, 6.07) is 6.45. The fraction of sp³-hybridized carbons (Fsp3) is 0.500. The lowest BCUT2D eigenvalue weighted by atomic mass is 10.2. The average Bonchev–Trinajstić information content (AvgIpc) is 2.91. The third kappa shape index (κ3) is 4.35. The molecule has 1 unspecified atom stereocenters. The van der Waals surface area contributed by atoms with Gasteiger partial charge in [0.1, 0.15) is 11.6 Å². The molecule has 0 amide bonds. The number of halogens is 1. The molecule has 1 aromatic carbocycles. The highest BCUT2D eigenvalue weighted by Gasteiger charge is 2.12. The molecule has 0 saturated heterocycles. The number of aliphatic hydroxyl groups is 1. The van der Waals surface area contributed by atoms with Crippen molar-refractivity contribution in [1.29, 1.82) is 0 Å². The summed E-state index contributed by atoms with van der Waals surface area (Å²) in [5.41, 5.74) is 0.484. The lowest BCUT2D eigenvalue weighted by Gasteiger charge is -2.12. The monoisotopic (exact) mass is 307 g/mol. The topological polar surface area (TPSA) is 60.2 Å². The molecule has 1 aromatic heterocycles. The van der Waals surface area contributed by atoms with Gasteiger partial charge in [0.15, 0.2) is 5.82 Å². The molecule has 22 heavy (non-hydrogen) atoms. The van der Waals surface area contributed by atoms with Crippen LogP contribution in [0.5, 0.6) is 0 Å². The Hall–Kier alpha value is -1.79. The normalized spacial score (nSPS) is 12.5. The van der Waals surface area contributed by atoms with Crippen molar-refractivity contribution in [2.45, 2.75) is 45.9 Å². The first-order valence-corrected chi connectivity index (χ1v) is 7.55. The van der Waals surface area contributed by atoms with E-state index in [-0.39, 0.29) is 19.0 Å². The average molecular weight is 307 g/mol. The number of aliphatic hydroxyl groups excluding tert-OH is 1. The Morgan fingerprint density at radius 3 is 2.73 bits per heavy atom. The molecule has 2 aromatic rings. The zero-order valence-corrected chi connectivity index (χ0v) is 13.0. The van der Waals surface area contributed by atoms with E-state index in [9.17, 15) is 9.50 Å². The minimum absolute atomic E-state index is 0.124. The standard InChI is InChI=1S/C16H22FN3O2/c1-3-15-18-16(4-2)20(19-15)9-13(21)11-22-10-12-7-5-6-8-14(12)17/h5-8,13,21H,3-4,9-11H2,1-2H3. The molecule has 1 N–H and O–H groups in total. The molecule has 0 fully saturated rings. The van der Waals surface area contributed by atoms with Gasteiger partial charge in [0.05, 0.1) is 25.9 Å². The van der Waals surface area contributed by atoms with Gasteiger partial charge in [-0.05, 0) is 6.07 Å². The molecule has 6 heteroatoms. The van der Waals surface area contributed by atoms with Gasteiger partial charge in [-0.3, -0.25) is 0 Å². The van der Waals surface area contributed by atoms with Crippen molar-refractivity contribution in [2.24, 2.45) is 0 Å². The lowest BCUT2D eigenvalue weighted by Crippen LogP contribution is -2.24. The third-order valence-corrected chi connectivity index (χ3v) is 3.33. The van der Waals surface area contributed by atoms with Crippen LogP contribution in [0, 0.1) is 5.82 Å². The minimum atomic E-state index is -0.705. The summed E-state index contributed by atoms with van der Waals surface area (Å²) in [6.45, 7) is 4.59. The quantitative estimate of drug-likeness (QED) is 0.811. The van der Waals surface area contributed by atoms with E-state index in [1.807, 2.05) is 13.8 Å². The highest BCUT2D eigenvalue weighted by atomic mass is 19.1. The van der Waals surface area contributed by atoms with Crippen molar-refractivity contribution in [3.8, 4) is 0 Å². The van der Waals surface area contributed by atoms with Crippen molar-refractivity contribution in [1.82, 2.24) is 14.8 Å². The summed E-state index contributed by atoms with van der Waals surface area (Å²) in [4.78, 5) is 4.39. The van der Waals surface area contributed by atoms with Crippen molar-refractivity contribution in [3.63, 3.8) is 0 Å². The van der Waals surface area contributed by atoms with Crippen LogP contribution in [0.1, 0.15) is 31.1 Å². The van der Waals surface area contributed by atoms with Crippen molar-refractivity contribution in [3.05, 3.63) is 47.3 Å². The molecule has 0 aliphatic heterocycles. The van der Waals surface area contributed by atoms with E-state index in [2.05, 4.69) is 10.1 Å². The van der Waals surface area contributed by atoms with Crippen LogP contribution in [-0.4, -0.2) is 32.6 Å². The van der Waals surface area contributed by atoms with Gasteiger partial charge in [-0.2, -0.15) is 5.10 Å². The molecule has 0 aliphatic rings. The van der Waals surface area contributed by atoms with E-state index in [1.165, 1.54) is 6.07 Å². The maximum absolute atomic E-state index is 13.4. The van der Waals surface area contributed by atoms with Crippen LogP contribution in [0.2, 0.25) is 0 Å². The van der Waals surface area contributed by atoms with Gasteiger partial charge in [-0.1, -0.05) is 32.0 Å². The number of aromatic nitrogens is 3. The fourth-order valence-corrected chi connectivity index (χ4v) is 2.16. The highest BCUT2D eigenvalue weighted by molar-refractivity contribution is 5.16. The molecule has 0 bridgehead atoms. The number of ether oxygens (including phenoxy) is 1. The Morgan fingerprint density at radius 2 is 2.05 bits per heavy atom. The smallest absolute Gasteiger partial charge is 0.150 e. The fourth-order valence-electron chi connectivity index (χ4n) is 2.16. The summed E-state index contributed by atoms with van der Waals surface area (Å²) < 4.78 is 20.5. The van der Waals surface area contributed by atoms with Crippen LogP contribution < -0.4 is 0 Å². The van der Waals surface area contributed by atoms with Crippen LogP contribution in [0.15, 0.2) is 24.3 Å². The number of hydrogen-bond acceptors (Lipinski definition) is 4. The lowest BCUT2D eigenvalue weighted by molar-refractivity contribution is 0.0173. The van der Waals surface area contributed by atoms with E-state index in [1.54, 1.807) is 22.9 Å². The summed E-state index contributed by atoms with van der Waals surface area (Å²) in [7, 11) is 0. The Kier molecular flexibility index (Phi) is 6.03. The van der Waals surface area contributed by atoms with Crippen LogP contribution in [0.4, 0.5) is 4.39 Å². The van der Waals surface area contributed by atoms with Gasteiger partial charge in [0.25, 0.3) is 0 Å². The molecule has 0 aliphatic carbocycles. The summed E-state index contributed by atoms with van der Waals surface area (Å²) in [5.74, 6) is 1.33. The number of aryl methyl sites for hydroxylation is 2. The van der Waals surface area contributed by atoms with E-state index >= 15 is 0 Å². The first kappa shape index (κ1) is 16.6. The Morgan fingerprint density at radius 1 is 1.27 bits per heavy atom. The summed E-state index contributed by atoms with van der Waals surface area (Å²) >= 11 is 0. The molecule has 1 atom stereocenters. The van der Waals surface area contributed by atoms with E-state index in [0.717, 1.165) is 24.5 Å². The van der Waals surface area contributed by atoms with Crippen molar-refractivity contribution < 1.29 is 14.2 Å². The summed E-state index contributed by atoms with van der Waals surface area (Å²) in [5, 5.41) is 14.4. The van der Waals surface area contributed by atoms with Crippen molar-refractivity contribution in [2.75, 3.05) is 6.61 Å². The van der Waals surface area contributed by atoms with Crippen LogP contribution >= 0.6 is 0 Å². The third-order valence-electron chi connectivity index (χ3n) is 3.33. The van der Waals surface area contributed by atoms with Gasteiger partial charge < -0.3 is 9.84 Å². The second-order valence-corrected chi connectivity index (χ2v) is 5.09. The number of benzene rings is 1. The molecule has 0 radical (unpaired) electrons. The Labute approximate surface area is 129 Å². The van der Waals surface area contributed by atoms with Gasteiger partial charge in [-0.15, -0.1) is 0 Å². The molecular formula is C16H22FN3O2. The Bertz CT molecular complexity index is 601. The first-order chi connectivity index (χ1) is 10.6. The second-order valence-electron chi connectivity index (χ2n) is 5.09. The van der Waals surface area contributed by atoms with E-state index < -0.39 is 6.10 Å². The predicted octanol–water partition coefficient (Wildman–Crippen LogP) is 2.12. The van der Waals surface area contributed by atoms with Gasteiger partial charge in [0, 0.05) is 18.4 Å². The molecule has 2 rings (SSSR count). The molecule has 1 heterocycles. The minimum Gasteiger partial charge on any atom is -0.389 e. The van der Waals surface area contributed by atoms with E-state index in [4.69, 9.17) is 4.74 Å². The first-order valence-electron chi connectivity index (χ1n) is 7.55. The van der Waals surface area contributed by atoms with Crippen molar-refractivity contribution >= 4 is 0 Å². The molecule has 0 saturated carbocycles. The summed E-state index contributed by atoms with van der Waals surface area (Å²) in [6.07, 6.45) is 0.818. The number of rotatable bonds is 8. The zero-order chi connectivity index (χ0) is 15.9. The number of nitrogens with zero attached hydrogens (tertiary/aromatic N) is 3. The van der Waals surface area contributed by atoms with Gasteiger partial charge >= 0.3 is 0 Å². The maximum atomic E-state index is 13.4. The maximum Gasteiger partial charge on any atom is 0.150 e. The number of hydrogen-bond donors (Lipinski definition) is 1. The molecule has 0 spiro atoms. The second kappa shape index (κ2) is 8.00. The van der Waals surface area contributed by atoms with E-state index in [0.29, 0.717) is 12.1 Å².